The van der Waals surface area contributed by atoms with Gasteiger partial charge in [0.15, 0.2) is 5.96 Å². The lowest BCUT2D eigenvalue weighted by Gasteiger charge is -2.36. The zero-order valence-corrected chi connectivity index (χ0v) is 11.3. The third-order valence-electron chi connectivity index (χ3n) is 3.09. The van der Waals surface area contributed by atoms with Crippen LogP contribution in [0, 0.1) is 5.92 Å². The largest absolute Gasteiger partial charge is 0.379 e. The molecule has 0 bridgehead atoms. The summed E-state index contributed by atoms with van der Waals surface area (Å²) in [7, 11) is 0. The van der Waals surface area contributed by atoms with Gasteiger partial charge in [-0.25, -0.2) is 0 Å². The summed E-state index contributed by atoms with van der Waals surface area (Å²) in [6.45, 7) is 11.7. The summed E-state index contributed by atoms with van der Waals surface area (Å²) < 4.78 is 5.38. The molecule has 1 unspecified atom stereocenters. The van der Waals surface area contributed by atoms with E-state index in [1.807, 2.05) is 6.92 Å². The molecule has 3 N–H and O–H groups in total. The van der Waals surface area contributed by atoms with Gasteiger partial charge in [-0.05, 0) is 12.8 Å². The molecule has 17 heavy (non-hydrogen) atoms. The fourth-order valence-electron chi connectivity index (χ4n) is 2.09. The lowest BCUT2D eigenvalue weighted by atomic mass is 10.0. The maximum absolute atomic E-state index is 5.76. The van der Waals surface area contributed by atoms with Gasteiger partial charge in [0.25, 0.3) is 0 Å². The van der Waals surface area contributed by atoms with Crippen molar-refractivity contribution < 1.29 is 4.74 Å². The number of nitrogens with two attached hydrogens (primary N) is 1. The second kappa shape index (κ2) is 7.50. The highest BCUT2D eigenvalue weighted by atomic mass is 16.5. The maximum atomic E-state index is 5.76. The van der Waals surface area contributed by atoms with E-state index in [0.717, 1.165) is 39.4 Å². The van der Waals surface area contributed by atoms with E-state index in [4.69, 9.17) is 10.5 Å². The van der Waals surface area contributed by atoms with Crippen LogP contribution in [0.4, 0.5) is 0 Å². The van der Waals surface area contributed by atoms with Gasteiger partial charge in [-0.2, -0.15) is 0 Å². The second-order valence-electron chi connectivity index (χ2n) is 4.72. The van der Waals surface area contributed by atoms with Crippen LogP contribution in [0.3, 0.4) is 0 Å². The summed E-state index contributed by atoms with van der Waals surface area (Å²) >= 11 is 0. The normalized spacial score (nSPS) is 20.6. The highest BCUT2D eigenvalue weighted by Gasteiger charge is 2.23. The van der Waals surface area contributed by atoms with Crippen molar-refractivity contribution in [1.82, 2.24) is 10.2 Å². The van der Waals surface area contributed by atoms with E-state index in [-0.39, 0.29) is 0 Å². The molecule has 1 aliphatic rings. The fourth-order valence-corrected chi connectivity index (χ4v) is 2.09. The van der Waals surface area contributed by atoms with Gasteiger partial charge in [-0.15, -0.1) is 0 Å². The Hall–Kier alpha value is -0.810. The topological polar surface area (TPSA) is 62.9 Å². The Morgan fingerprint density at radius 3 is 2.59 bits per heavy atom. The van der Waals surface area contributed by atoms with Crippen molar-refractivity contribution in [2.24, 2.45) is 16.6 Å². The molecule has 0 saturated carbocycles. The minimum Gasteiger partial charge on any atom is -0.379 e. The number of ether oxygens (including phenoxy) is 1. The summed E-state index contributed by atoms with van der Waals surface area (Å²) in [5.74, 6) is 1.12. The molecule has 0 spiro atoms. The van der Waals surface area contributed by atoms with Gasteiger partial charge >= 0.3 is 0 Å². The molecule has 5 nitrogen and oxygen atoms in total. The van der Waals surface area contributed by atoms with Crippen molar-refractivity contribution in [1.29, 1.82) is 0 Å². The predicted molar refractivity (Wildman–Crippen MR) is 71.2 cm³/mol. The summed E-state index contributed by atoms with van der Waals surface area (Å²) in [4.78, 5) is 6.87. The monoisotopic (exact) mass is 242 g/mol. The molecule has 1 saturated heterocycles. The van der Waals surface area contributed by atoms with Crippen molar-refractivity contribution in [2.75, 3.05) is 39.4 Å². The van der Waals surface area contributed by atoms with Crippen LogP contribution in [-0.2, 0) is 4.74 Å². The number of morpholine rings is 1. The van der Waals surface area contributed by atoms with E-state index < -0.39 is 0 Å². The second-order valence-corrected chi connectivity index (χ2v) is 4.72. The molecule has 1 atom stereocenters. The first-order valence-electron chi connectivity index (χ1n) is 6.50. The molecule has 0 aliphatic carbocycles. The lowest BCUT2D eigenvalue weighted by Crippen LogP contribution is -2.48. The molecule has 0 radical (unpaired) electrons. The Bertz CT molecular complexity index is 237. The number of nitrogens with zero attached hydrogens (tertiary/aromatic N) is 2. The maximum Gasteiger partial charge on any atom is 0.188 e. The number of nitrogens with one attached hydrogen (secondary N) is 1. The van der Waals surface area contributed by atoms with Crippen LogP contribution < -0.4 is 11.1 Å². The van der Waals surface area contributed by atoms with Crippen LogP contribution in [-0.4, -0.2) is 56.3 Å². The summed E-state index contributed by atoms with van der Waals surface area (Å²) in [6, 6.07) is 0.455. The first-order valence-corrected chi connectivity index (χ1v) is 6.50. The molecular weight excluding hydrogens is 216 g/mol. The van der Waals surface area contributed by atoms with Crippen molar-refractivity contribution >= 4 is 5.96 Å². The van der Waals surface area contributed by atoms with Crippen LogP contribution in [0.15, 0.2) is 4.99 Å². The van der Waals surface area contributed by atoms with Gasteiger partial charge in [0.1, 0.15) is 0 Å². The van der Waals surface area contributed by atoms with Gasteiger partial charge in [-0.3, -0.25) is 9.89 Å². The Morgan fingerprint density at radius 1 is 1.41 bits per heavy atom. The molecule has 1 aliphatic heterocycles. The van der Waals surface area contributed by atoms with Gasteiger partial charge in [0, 0.05) is 25.7 Å². The van der Waals surface area contributed by atoms with E-state index in [2.05, 4.69) is 29.1 Å². The Labute approximate surface area is 104 Å². The van der Waals surface area contributed by atoms with Crippen LogP contribution in [0.5, 0.6) is 0 Å². The molecule has 0 aromatic heterocycles. The number of aliphatic imine (C=N–C) groups is 1. The summed E-state index contributed by atoms with van der Waals surface area (Å²) in [5, 5.41) is 3.03. The minimum atomic E-state index is 0.455. The first kappa shape index (κ1) is 14.3. The van der Waals surface area contributed by atoms with Crippen LogP contribution in [0.1, 0.15) is 20.8 Å². The van der Waals surface area contributed by atoms with E-state index >= 15 is 0 Å². The van der Waals surface area contributed by atoms with Gasteiger partial charge < -0.3 is 15.8 Å². The summed E-state index contributed by atoms with van der Waals surface area (Å²) in [5.41, 5.74) is 5.76. The van der Waals surface area contributed by atoms with E-state index in [9.17, 15) is 0 Å². The molecule has 1 rings (SSSR count). The van der Waals surface area contributed by atoms with Gasteiger partial charge in [0.2, 0.25) is 0 Å². The highest BCUT2D eigenvalue weighted by Crippen LogP contribution is 2.13. The number of rotatable bonds is 5. The summed E-state index contributed by atoms with van der Waals surface area (Å²) in [6.07, 6.45) is 0. The SMILES string of the molecule is CCNC(N)=NCC(C(C)C)N1CCOCC1. The fraction of sp³-hybridized carbons (Fsp3) is 0.917. The van der Waals surface area contributed by atoms with E-state index in [1.54, 1.807) is 0 Å². The Balaban J connectivity index is 2.50. The quantitative estimate of drug-likeness (QED) is 0.536. The zero-order valence-electron chi connectivity index (χ0n) is 11.3. The van der Waals surface area contributed by atoms with Crippen LogP contribution >= 0.6 is 0 Å². The molecule has 100 valence electrons. The van der Waals surface area contributed by atoms with Crippen LogP contribution in [0.2, 0.25) is 0 Å². The van der Waals surface area contributed by atoms with Gasteiger partial charge in [-0.1, -0.05) is 13.8 Å². The first-order chi connectivity index (χ1) is 8.15. The molecule has 1 heterocycles. The van der Waals surface area contributed by atoms with Crippen molar-refractivity contribution in [3.8, 4) is 0 Å². The smallest absolute Gasteiger partial charge is 0.188 e. The zero-order chi connectivity index (χ0) is 12.7. The molecular formula is C12H26N4O. The molecule has 5 heteroatoms. The Morgan fingerprint density at radius 2 is 2.06 bits per heavy atom. The molecule has 0 aromatic carbocycles. The van der Waals surface area contributed by atoms with Gasteiger partial charge in [0.05, 0.1) is 19.8 Å². The van der Waals surface area contributed by atoms with Crippen molar-refractivity contribution in [3.05, 3.63) is 0 Å². The molecule has 1 fully saturated rings. The van der Waals surface area contributed by atoms with E-state index in [1.165, 1.54) is 0 Å². The van der Waals surface area contributed by atoms with Crippen LogP contribution in [0.25, 0.3) is 0 Å². The van der Waals surface area contributed by atoms with E-state index in [0.29, 0.717) is 17.9 Å². The average Bonchev–Trinajstić information content (AvgIpc) is 2.30. The molecule has 0 amide bonds. The number of hydrogen-bond donors (Lipinski definition) is 2. The third kappa shape index (κ3) is 4.91. The number of guanidine groups is 1. The number of hydrogen-bond acceptors (Lipinski definition) is 3. The predicted octanol–water partition coefficient (Wildman–Crippen LogP) is 0.267. The van der Waals surface area contributed by atoms with Crippen molar-refractivity contribution in [3.63, 3.8) is 0 Å². The average molecular weight is 242 g/mol. The molecule has 0 aromatic rings. The lowest BCUT2D eigenvalue weighted by molar-refractivity contribution is 0.00868. The minimum absolute atomic E-state index is 0.455. The Kier molecular flexibility index (Phi) is 6.29. The van der Waals surface area contributed by atoms with Crippen molar-refractivity contribution in [2.45, 2.75) is 26.8 Å². The highest BCUT2D eigenvalue weighted by molar-refractivity contribution is 5.77. The third-order valence-corrected chi connectivity index (χ3v) is 3.09. The standard InChI is InChI=1S/C12H26N4O/c1-4-14-12(13)15-9-11(10(2)3)16-5-7-17-8-6-16/h10-11H,4-9H2,1-3H3,(H3,13,14,15).